The molecule has 0 aliphatic carbocycles. The molecule has 3 rings (SSSR count). The Bertz CT molecular complexity index is 671. The van der Waals surface area contributed by atoms with Gasteiger partial charge in [0.1, 0.15) is 17.1 Å². The Balaban J connectivity index is 2.05. The van der Waals surface area contributed by atoms with Crippen molar-refractivity contribution in [1.29, 1.82) is 0 Å². The number of fused-ring (bicyclic) bond motifs is 1. The van der Waals surface area contributed by atoms with E-state index in [9.17, 15) is 19.5 Å². The van der Waals surface area contributed by atoms with Gasteiger partial charge in [0.25, 0.3) is 0 Å². The monoisotopic (exact) mass is 304 g/mol. The van der Waals surface area contributed by atoms with Gasteiger partial charge in [-0.25, -0.2) is 4.79 Å². The molecule has 0 bridgehead atoms. The smallest absolute Gasteiger partial charge is 0.353 e. The molecule has 1 aromatic rings. The highest BCUT2D eigenvalue weighted by molar-refractivity contribution is 8.00. The summed E-state index contributed by atoms with van der Waals surface area (Å²) >= 11 is 1.32. The van der Waals surface area contributed by atoms with Gasteiger partial charge in [-0.2, -0.15) is 0 Å². The van der Waals surface area contributed by atoms with Crippen LogP contribution in [0.4, 0.5) is 0 Å². The van der Waals surface area contributed by atoms with E-state index in [0.717, 1.165) is 4.90 Å². The molecule has 108 valence electrons. The number of hydrogen-bond donors (Lipinski definition) is 2. The summed E-state index contributed by atoms with van der Waals surface area (Å²) in [5.41, 5.74) is 5.96. The van der Waals surface area contributed by atoms with Crippen LogP contribution in [-0.4, -0.2) is 44.8 Å². The summed E-state index contributed by atoms with van der Waals surface area (Å²) in [5, 5.41) is 8.98. The maximum atomic E-state index is 12.5. The molecule has 1 amide bonds. The van der Waals surface area contributed by atoms with Gasteiger partial charge in [0, 0.05) is 16.9 Å². The normalized spacial score (nSPS) is 24.4. The van der Waals surface area contributed by atoms with Gasteiger partial charge in [-0.3, -0.25) is 14.5 Å². The number of carboxylic acid groups (broad SMARTS) is 1. The Kier molecular flexibility index (Phi) is 3.30. The summed E-state index contributed by atoms with van der Waals surface area (Å²) in [6.07, 6.45) is 0. The lowest BCUT2D eigenvalue weighted by Crippen LogP contribution is -2.68. The zero-order valence-electron chi connectivity index (χ0n) is 10.9. The molecule has 1 fully saturated rings. The third-order valence-corrected chi connectivity index (χ3v) is 4.82. The number of amides is 1. The molecule has 3 N–H and O–H groups in total. The molecule has 0 radical (unpaired) electrons. The van der Waals surface area contributed by atoms with Crippen molar-refractivity contribution in [3.8, 4) is 0 Å². The molecule has 1 saturated heterocycles. The second-order valence-electron chi connectivity index (χ2n) is 4.76. The number of hydrogen-bond acceptors (Lipinski definition) is 5. The Hall–Kier alpha value is -2.12. The van der Waals surface area contributed by atoms with Crippen LogP contribution in [0.5, 0.6) is 0 Å². The van der Waals surface area contributed by atoms with E-state index < -0.39 is 23.3 Å². The average Bonchev–Trinajstić information content (AvgIpc) is 2.52. The summed E-state index contributed by atoms with van der Waals surface area (Å²) in [6.45, 7) is 0. The highest BCUT2D eigenvalue weighted by Crippen LogP contribution is 2.40. The predicted octanol–water partition coefficient (Wildman–Crippen LogP) is 0.450. The Morgan fingerprint density at radius 1 is 1.29 bits per heavy atom. The summed E-state index contributed by atoms with van der Waals surface area (Å²) in [4.78, 5) is 36.9. The number of carbonyl (C=O) groups is 3. The molecular weight excluding hydrogens is 292 g/mol. The van der Waals surface area contributed by atoms with E-state index in [1.807, 2.05) is 0 Å². The molecule has 2 atom stereocenters. The van der Waals surface area contributed by atoms with Crippen molar-refractivity contribution in [2.45, 2.75) is 11.4 Å². The van der Waals surface area contributed by atoms with E-state index in [4.69, 9.17) is 5.73 Å². The second kappa shape index (κ2) is 5.01. The van der Waals surface area contributed by atoms with Gasteiger partial charge in [0.2, 0.25) is 5.91 Å². The summed E-state index contributed by atoms with van der Waals surface area (Å²) in [7, 11) is 0. The average molecular weight is 304 g/mol. The van der Waals surface area contributed by atoms with Crippen LogP contribution in [-0.2, 0) is 9.59 Å². The largest absolute Gasteiger partial charge is 0.477 e. The molecule has 1 aromatic carbocycles. The molecule has 7 heteroatoms. The zero-order chi connectivity index (χ0) is 15.1. The predicted molar refractivity (Wildman–Crippen MR) is 76.5 cm³/mol. The van der Waals surface area contributed by atoms with Crippen molar-refractivity contribution in [2.75, 3.05) is 5.75 Å². The SMILES string of the molecule is NC1C(=O)N2C(C(=O)O)=C(C(=O)c3ccccc3)CS[C@@H]12. The number of Topliss-reactive ketones (excluding diaryl/α,β-unsaturated/α-hetero) is 1. The van der Waals surface area contributed by atoms with Crippen molar-refractivity contribution in [2.24, 2.45) is 5.73 Å². The lowest BCUT2D eigenvalue weighted by molar-refractivity contribution is -0.147. The molecule has 0 spiro atoms. The maximum Gasteiger partial charge on any atom is 0.353 e. The minimum absolute atomic E-state index is 0.134. The van der Waals surface area contributed by atoms with Crippen LogP contribution in [0.15, 0.2) is 41.6 Å². The van der Waals surface area contributed by atoms with Crippen LogP contribution in [0.1, 0.15) is 10.4 Å². The maximum absolute atomic E-state index is 12.5. The van der Waals surface area contributed by atoms with Gasteiger partial charge in [-0.1, -0.05) is 30.3 Å². The minimum atomic E-state index is -1.28. The van der Waals surface area contributed by atoms with Gasteiger partial charge < -0.3 is 10.8 Å². The number of rotatable bonds is 3. The first kappa shape index (κ1) is 13.8. The van der Waals surface area contributed by atoms with Crippen LogP contribution in [0, 0.1) is 0 Å². The van der Waals surface area contributed by atoms with Crippen LogP contribution in [0.25, 0.3) is 0 Å². The highest BCUT2D eigenvalue weighted by atomic mass is 32.2. The third-order valence-electron chi connectivity index (χ3n) is 3.52. The molecule has 2 aliphatic rings. The van der Waals surface area contributed by atoms with E-state index in [1.165, 1.54) is 11.8 Å². The van der Waals surface area contributed by atoms with Gasteiger partial charge in [-0.15, -0.1) is 11.8 Å². The van der Waals surface area contributed by atoms with Gasteiger partial charge in [0.15, 0.2) is 5.78 Å². The molecule has 1 unspecified atom stereocenters. The number of aliphatic carboxylic acids is 1. The minimum Gasteiger partial charge on any atom is -0.477 e. The molecule has 2 aliphatic heterocycles. The first-order chi connectivity index (χ1) is 10.0. The number of benzene rings is 1. The Labute approximate surface area is 124 Å². The fraction of sp³-hybridized carbons (Fsp3) is 0.214. The number of nitrogens with zero attached hydrogens (tertiary/aromatic N) is 1. The fourth-order valence-electron chi connectivity index (χ4n) is 2.45. The van der Waals surface area contributed by atoms with Crippen molar-refractivity contribution in [1.82, 2.24) is 4.90 Å². The molecule has 6 nitrogen and oxygen atoms in total. The first-order valence-electron chi connectivity index (χ1n) is 6.29. The van der Waals surface area contributed by atoms with E-state index >= 15 is 0 Å². The van der Waals surface area contributed by atoms with Crippen LogP contribution < -0.4 is 5.73 Å². The fourth-order valence-corrected chi connectivity index (χ4v) is 3.74. The van der Waals surface area contributed by atoms with E-state index in [0.29, 0.717) is 5.56 Å². The third kappa shape index (κ3) is 2.05. The van der Waals surface area contributed by atoms with Crippen LogP contribution >= 0.6 is 11.8 Å². The Morgan fingerprint density at radius 2 is 1.95 bits per heavy atom. The second-order valence-corrected chi connectivity index (χ2v) is 5.87. The molecule has 0 saturated carbocycles. The summed E-state index contributed by atoms with van der Waals surface area (Å²) < 4.78 is 0. The molecule has 0 aromatic heterocycles. The van der Waals surface area contributed by atoms with Crippen LogP contribution in [0.3, 0.4) is 0 Å². The number of carboxylic acids is 1. The van der Waals surface area contributed by atoms with Crippen LogP contribution in [0.2, 0.25) is 0 Å². The zero-order valence-corrected chi connectivity index (χ0v) is 11.7. The number of thioether (sulfide) groups is 1. The lowest BCUT2D eigenvalue weighted by atomic mass is 9.98. The number of ketones is 1. The van der Waals surface area contributed by atoms with E-state index in [-0.39, 0.29) is 22.8 Å². The van der Waals surface area contributed by atoms with Gasteiger partial charge in [-0.05, 0) is 0 Å². The first-order valence-corrected chi connectivity index (χ1v) is 7.33. The van der Waals surface area contributed by atoms with Crippen molar-refractivity contribution in [3.63, 3.8) is 0 Å². The van der Waals surface area contributed by atoms with Gasteiger partial charge in [0.05, 0.1) is 0 Å². The van der Waals surface area contributed by atoms with Crippen molar-refractivity contribution in [3.05, 3.63) is 47.2 Å². The summed E-state index contributed by atoms with van der Waals surface area (Å²) in [5.74, 6) is -1.87. The molecular formula is C14H12N2O4S. The van der Waals surface area contributed by atoms with Gasteiger partial charge >= 0.3 is 5.97 Å². The topological polar surface area (TPSA) is 101 Å². The number of carbonyl (C=O) groups excluding carboxylic acids is 2. The van der Waals surface area contributed by atoms with Crippen molar-refractivity contribution >= 4 is 29.4 Å². The summed E-state index contributed by atoms with van der Waals surface area (Å²) in [6, 6.07) is 7.73. The molecule has 21 heavy (non-hydrogen) atoms. The number of β-lactam (4-membered cyclic amide) rings is 1. The standard InChI is InChI=1S/C14H12N2O4S/c15-9-12(18)16-10(14(19)20)8(6-21-13(9)16)11(17)7-4-2-1-3-5-7/h1-5,9,13H,6,15H2,(H,19,20)/t9?,13-/m0/s1. The number of nitrogens with two attached hydrogens (primary N) is 1. The highest BCUT2D eigenvalue weighted by Gasteiger charge is 2.52. The quantitative estimate of drug-likeness (QED) is 0.621. The molecule has 2 heterocycles. The van der Waals surface area contributed by atoms with E-state index in [1.54, 1.807) is 30.3 Å². The lowest BCUT2D eigenvalue weighted by Gasteiger charge is -2.47. The Morgan fingerprint density at radius 3 is 2.57 bits per heavy atom. The van der Waals surface area contributed by atoms with Crippen molar-refractivity contribution < 1.29 is 19.5 Å². The van der Waals surface area contributed by atoms with E-state index in [2.05, 4.69) is 0 Å².